The van der Waals surface area contributed by atoms with Crippen LogP contribution in [-0.2, 0) is 16.6 Å². The summed E-state index contributed by atoms with van der Waals surface area (Å²) in [6.07, 6.45) is 1.69. The van der Waals surface area contributed by atoms with Crippen molar-refractivity contribution in [2.75, 3.05) is 0 Å². The number of sulfonamides is 1. The summed E-state index contributed by atoms with van der Waals surface area (Å²) in [7, 11) is -3.91. The lowest BCUT2D eigenvalue weighted by atomic mass is 10.3. The number of nitrogens with zero attached hydrogens (tertiary/aromatic N) is 3. The topological polar surface area (TPSA) is 102 Å². The SMILES string of the molecule is CCCCn1nc(C)c(C#N)c1S(N)(=O)=O. The van der Waals surface area contributed by atoms with E-state index in [1.54, 1.807) is 6.92 Å². The summed E-state index contributed by atoms with van der Waals surface area (Å²) in [5.74, 6) is 0. The predicted molar refractivity (Wildman–Crippen MR) is 58.0 cm³/mol. The molecule has 0 radical (unpaired) electrons. The molecule has 0 amide bonds. The Morgan fingerprint density at radius 3 is 2.62 bits per heavy atom. The van der Waals surface area contributed by atoms with Crippen LogP contribution in [0.2, 0.25) is 0 Å². The number of nitrogens with two attached hydrogens (primary N) is 1. The van der Waals surface area contributed by atoms with Crippen LogP contribution in [0.1, 0.15) is 31.0 Å². The Morgan fingerprint density at radius 2 is 2.19 bits per heavy atom. The van der Waals surface area contributed by atoms with Crippen molar-refractivity contribution in [2.24, 2.45) is 5.14 Å². The van der Waals surface area contributed by atoms with Gasteiger partial charge in [-0.1, -0.05) is 13.3 Å². The highest BCUT2D eigenvalue weighted by Crippen LogP contribution is 2.17. The third-order valence-electron chi connectivity index (χ3n) is 2.19. The van der Waals surface area contributed by atoms with Gasteiger partial charge < -0.3 is 0 Å². The van der Waals surface area contributed by atoms with Crippen LogP contribution in [0.15, 0.2) is 5.03 Å². The predicted octanol–water partition coefficient (Wildman–Crippen LogP) is 0.511. The first-order valence-corrected chi connectivity index (χ1v) is 6.46. The summed E-state index contributed by atoms with van der Waals surface area (Å²) in [5.41, 5.74) is 0.432. The zero-order chi connectivity index (χ0) is 12.3. The Balaban J connectivity index is 3.35. The van der Waals surface area contributed by atoms with Crippen molar-refractivity contribution in [3.05, 3.63) is 11.3 Å². The van der Waals surface area contributed by atoms with Crippen LogP contribution >= 0.6 is 0 Å². The lowest BCUT2D eigenvalue weighted by Gasteiger charge is -2.04. The molecule has 0 aliphatic heterocycles. The van der Waals surface area contributed by atoms with Crippen LogP contribution in [-0.4, -0.2) is 18.2 Å². The highest BCUT2D eigenvalue weighted by molar-refractivity contribution is 7.89. The van der Waals surface area contributed by atoms with Gasteiger partial charge in [0.05, 0.1) is 5.69 Å². The molecule has 0 spiro atoms. The molecule has 88 valence electrons. The maximum atomic E-state index is 11.4. The van der Waals surface area contributed by atoms with Crippen molar-refractivity contribution in [1.29, 1.82) is 5.26 Å². The van der Waals surface area contributed by atoms with Crippen molar-refractivity contribution in [1.82, 2.24) is 9.78 Å². The molecule has 0 atom stereocenters. The number of aromatic nitrogens is 2. The van der Waals surface area contributed by atoms with Crippen molar-refractivity contribution >= 4 is 10.0 Å². The van der Waals surface area contributed by atoms with Gasteiger partial charge in [0.25, 0.3) is 10.0 Å². The molecule has 1 rings (SSSR count). The molecule has 16 heavy (non-hydrogen) atoms. The quantitative estimate of drug-likeness (QED) is 0.830. The Labute approximate surface area is 94.7 Å². The number of rotatable bonds is 4. The minimum absolute atomic E-state index is 0.0404. The fourth-order valence-corrected chi connectivity index (χ4v) is 2.34. The first kappa shape index (κ1) is 12.7. The molecule has 0 bridgehead atoms. The summed E-state index contributed by atoms with van der Waals surface area (Å²) in [6, 6.07) is 1.82. The van der Waals surface area contributed by atoms with Crippen LogP contribution in [0.5, 0.6) is 0 Å². The first-order chi connectivity index (χ1) is 7.41. The summed E-state index contributed by atoms with van der Waals surface area (Å²) in [6.45, 7) is 4.03. The molecule has 1 aromatic heterocycles. The Kier molecular flexibility index (Phi) is 3.67. The van der Waals surface area contributed by atoms with Crippen LogP contribution < -0.4 is 5.14 Å². The number of aryl methyl sites for hydroxylation is 2. The zero-order valence-corrected chi connectivity index (χ0v) is 10.1. The van der Waals surface area contributed by atoms with E-state index in [9.17, 15) is 8.42 Å². The van der Waals surface area contributed by atoms with E-state index >= 15 is 0 Å². The van der Waals surface area contributed by atoms with Gasteiger partial charge in [-0.25, -0.2) is 13.6 Å². The van der Waals surface area contributed by atoms with Gasteiger partial charge in [0.1, 0.15) is 11.6 Å². The van der Waals surface area contributed by atoms with Crippen LogP contribution in [0, 0.1) is 18.3 Å². The standard InChI is InChI=1S/C9H14N4O2S/c1-3-4-5-13-9(16(11,14)15)8(6-10)7(2)12-13/h3-5H2,1-2H3,(H2,11,14,15). The fraction of sp³-hybridized carbons (Fsp3) is 0.556. The molecule has 1 aromatic rings. The molecule has 2 N–H and O–H groups in total. The minimum Gasteiger partial charge on any atom is -0.252 e. The number of unbranched alkanes of at least 4 members (excludes halogenated alkanes) is 1. The van der Waals surface area contributed by atoms with Gasteiger partial charge >= 0.3 is 0 Å². The van der Waals surface area contributed by atoms with E-state index < -0.39 is 10.0 Å². The summed E-state index contributed by atoms with van der Waals surface area (Å²) in [4.78, 5) is 0. The minimum atomic E-state index is -3.91. The van der Waals surface area contributed by atoms with Gasteiger partial charge in [0, 0.05) is 6.54 Å². The first-order valence-electron chi connectivity index (χ1n) is 4.92. The molecule has 0 fully saturated rings. The van der Waals surface area contributed by atoms with E-state index in [1.165, 1.54) is 4.68 Å². The Hall–Kier alpha value is -1.39. The summed E-state index contributed by atoms with van der Waals surface area (Å²) < 4.78 is 24.0. The lowest BCUT2D eigenvalue weighted by molar-refractivity contribution is 0.512. The lowest BCUT2D eigenvalue weighted by Crippen LogP contribution is -2.19. The maximum absolute atomic E-state index is 11.4. The normalized spacial score (nSPS) is 11.4. The molecule has 0 aliphatic carbocycles. The molecule has 0 aliphatic rings. The second-order valence-electron chi connectivity index (χ2n) is 3.50. The van der Waals surface area contributed by atoms with E-state index in [4.69, 9.17) is 10.4 Å². The van der Waals surface area contributed by atoms with Gasteiger partial charge in [-0.15, -0.1) is 0 Å². The second-order valence-corrected chi connectivity index (χ2v) is 4.98. The highest BCUT2D eigenvalue weighted by atomic mass is 32.2. The molecule has 7 heteroatoms. The average molecular weight is 242 g/mol. The van der Waals surface area contributed by atoms with Gasteiger partial charge in [-0.3, -0.25) is 4.68 Å². The Morgan fingerprint density at radius 1 is 1.56 bits per heavy atom. The van der Waals surface area contributed by atoms with Crippen molar-refractivity contribution in [3.63, 3.8) is 0 Å². The molecule has 0 aromatic carbocycles. The molecule has 0 saturated heterocycles. The van der Waals surface area contributed by atoms with E-state index in [0.29, 0.717) is 12.2 Å². The second kappa shape index (κ2) is 4.63. The number of hydrogen-bond donors (Lipinski definition) is 1. The van der Waals surface area contributed by atoms with Gasteiger partial charge in [0.2, 0.25) is 0 Å². The van der Waals surface area contributed by atoms with Crippen LogP contribution in [0.3, 0.4) is 0 Å². The van der Waals surface area contributed by atoms with Crippen LogP contribution in [0.4, 0.5) is 0 Å². The van der Waals surface area contributed by atoms with Crippen molar-refractivity contribution < 1.29 is 8.42 Å². The molecular weight excluding hydrogens is 228 g/mol. The largest absolute Gasteiger partial charge is 0.256 e. The van der Waals surface area contributed by atoms with Crippen LogP contribution in [0.25, 0.3) is 0 Å². The van der Waals surface area contributed by atoms with Gasteiger partial charge in [0.15, 0.2) is 5.03 Å². The highest BCUT2D eigenvalue weighted by Gasteiger charge is 2.23. The molecule has 6 nitrogen and oxygen atoms in total. The van der Waals surface area contributed by atoms with Crippen molar-refractivity contribution in [3.8, 4) is 6.07 Å². The molecule has 1 heterocycles. The zero-order valence-electron chi connectivity index (χ0n) is 9.27. The van der Waals surface area contributed by atoms with E-state index in [2.05, 4.69) is 5.10 Å². The van der Waals surface area contributed by atoms with E-state index in [1.807, 2.05) is 13.0 Å². The summed E-state index contributed by atoms with van der Waals surface area (Å²) in [5, 5.41) is 17.8. The van der Waals surface area contributed by atoms with E-state index in [-0.39, 0.29) is 10.6 Å². The third-order valence-corrected chi connectivity index (χ3v) is 3.14. The number of nitriles is 1. The summed E-state index contributed by atoms with van der Waals surface area (Å²) >= 11 is 0. The smallest absolute Gasteiger partial charge is 0.252 e. The fourth-order valence-electron chi connectivity index (χ4n) is 1.44. The van der Waals surface area contributed by atoms with Crippen molar-refractivity contribution in [2.45, 2.75) is 38.3 Å². The van der Waals surface area contributed by atoms with Gasteiger partial charge in [-0.05, 0) is 13.3 Å². The third kappa shape index (κ3) is 2.40. The van der Waals surface area contributed by atoms with E-state index in [0.717, 1.165) is 12.8 Å². The van der Waals surface area contributed by atoms with Gasteiger partial charge in [-0.2, -0.15) is 10.4 Å². The number of hydrogen-bond acceptors (Lipinski definition) is 4. The molecular formula is C9H14N4O2S. The maximum Gasteiger partial charge on any atom is 0.256 e. The Bertz CT molecular complexity index is 524. The molecule has 0 unspecified atom stereocenters. The number of primary sulfonamides is 1. The average Bonchev–Trinajstić information content (AvgIpc) is 2.50. The molecule has 0 saturated carbocycles. The monoisotopic (exact) mass is 242 g/mol.